The first-order chi connectivity index (χ1) is 11.3. The van der Waals surface area contributed by atoms with Gasteiger partial charge in [0, 0.05) is 43.4 Å². The van der Waals surface area contributed by atoms with Gasteiger partial charge in [0.15, 0.2) is 0 Å². The summed E-state index contributed by atoms with van der Waals surface area (Å²) < 4.78 is 2.00. The Morgan fingerprint density at radius 3 is 3.22 bits per heavy atom. The van der Waals surface area contributed by atoms with Gasteiger partial charge in [-0.2, -0.15) is 5.10 Å². The molecule has 0 spiro atoms. The van der Waals surface area contributed by atoms with Crippen LogP contribution in [-0.2, 0) is 17.8 Å². The van der Waals surface area contributed by atoms with Gasteiger partial charge in [-0.05, 0) is 42.3 Å². The van der Waals surface area contributed by atoms with Crippen LogP contribution in [0.15, 0.2) is 29.9 Å². The topological polar surface area (TPSA) is 41.4 Å². The number of hydrogen-bond acceptors (Lipinski definition) is 4. The number of likely N-dealkylation sites (tertiary alicyclic amines) is 1. The van der Waals surface area contributed by atoms with Crippen LogP contribution in [0, 0.1) is 0 Å². The number of amides is 1. The Hall–Kier alpha value is -1.66. The van der Waals surface area contributed by atoms with E-state index in [0.717, 1.165) is 45.4 Å². The van der Waals surface area contributed by atoms with Crippen LogP contribution < -0.4 is 0 Å². The SMILES string of the molecule is O=C(CN1CCc2sccc2C1)N1CCCC(n2cccn2)C1. The summed E-state index contributed by atoms with van der Waals surface area (Å²) in [5.74, 6) is 0.264. The summed E-state index contributed by atoms with van der Waals surface area (Å²) in [7, 11) is 0. The van der Waals surface area contributed by atoms with E-state index >= 15 is 0 Å². The second-order valence-corrected chi connectivity index (χ2v) is 7.45. The van der Waals surface area contributed by atoms with E-state index in [1.54, 1.807) is 0 Å². The molecule has 2 aliphatic heterocycles. The van der Waals surface area contributed by atoms with E-state index in [9.17, 15) is 4.79 Å². The molecule has 1 unspecified atom stereocenters. The van der Waals surface area contributed by atoms with Gasteiger partial charge in [0.1, 0.15) is 0 Å². The minimum Gasteiger partial charge on any atom is -0.339 e. The highest BCUT2D eigenvalue weighted by Crippen LogP contribution is 2.25. The molecule has 23 heavy (non-hydrogen) atoms. The second kappa shape index (κ2) is 6.45. The fourth-order valence-corrected chi connectivity index (χ4v) is 4.52. The molecule has 0 aromatic carbocycles. The lowest BCUT2D eigenvalue weighted by Gasteiger charge is -2.35. The first kappa shape index (κ1) is 14.9. The summed E-state index contributed by atoms with van der Waals surface area (Å²) in [5, 5.41) is 6.50. The van der Waals surface area contributed by atoms with Gasteiger partial charge in [-0.15, -0.1) is 11.3 Å². The first-order valence-electron chi connectivity index (χ1n) is 8.34. The van der Waals surface area contributed by atoms with Crippen LogP contribution in [0.1, 0.15) is 29.3 Å². The van der Waals surface area contributed by atoms with Crippen LogP contribution >= 0.6 is 11.3 Å². The molecule has 1 saturated heterocycles. The zero-order valence-electron chi connectivity index (χ0n) is 13.2. The molecular weight excluding hydrogens is 308 g/mol. The predicted molar refractivity (Wildman–Crippen MR) is 90.4 cm³/mol. The van der Waals surface area contributed by atoms with Crippen molar-refractivity contribution in [1.82, 2.24) is 19.6 Å². The van der Waals surface area contributed by atoms with Gasteiger partial charge in [-0.25, -0.2) is 0 Å². The normalized spacial score (nSPS) is 22.1. The molecule has 5 nitrogen and oxygen atoms in total. The van der Waals surface area contributed by atoms with Gasteiger partial charge in [0.2, 0.25) is 5.91 Å². The van der Waals surface area contributed by atoms with Gasteiger partial charge in [-0.3, -0.25) is 14.4 Å². The van der Waals surface area contributed by atoms with E-state index in [0.29, 0.717) is 12.6 Å². The third-order valence-corrected chi connectivity index (χ3v) is 5.92. The molecule has 4 rings (SSSR count). The smallest absolute Gasteiger partial charge is 0.236 e. The fraction of sp³-hybridized carbons (Fsp3) is 0.529. The Balaban J connectivity index is 1.36. The van der Waals surface area contributed by atoms with Crippen molar-refractivity contribution in [3.63, 3.8) is 0 Å². The van der Waals surface area contributed by atoms with Crippen molar-refractivity contribution < 1.29 is 4.79 Å². The van der Waals surface area contributed by atoms with Gasteiger partial charge in [-0.1, -0.05) is 0 Å². The van der Waals surface area contributed by atoms with Crippen molar-refractivity contribution in [2.45, 2.75) is 31.8 Å². The number of rotatable bonds is 3. The fourth-order valence-electron chi connectivity index (χ4n) is 3.63. The summed E-state index contributed by atoms with van der Waals surface area (Å²) >= 11 is 1.84. The van der Waals surface area contributed by atoms with E-state index < -0.39 is 0 Å². The lowest BCUT2D eigenvalue weighted by Crippen LogP contribution is -2.46. The van der Waals surface area contributed by atoms with Crippen LogP contribution in [0.4, 0.5) is 0 Å². The average molecular weight is 330 g/mol. The van der Waals surface area contributed by atoms with Crippen molar-refractivity contribution >= 4 is 17.2 Å². The summed E-state index contributed by atoms with van der Waals surface area (Å²) in [4.78, 5) is 18.5. The van der Waals surface area contributed by atoms with Crippen LogP contribution in [0.3, 0.4) is 0 Å². The number of thiophene rings is 1. The first-order valence-corrected chi connectivity index (χ1v) is 9.22. The number of carbonyl (C=O) groups is 1. The minimum atomic E-state index is 0.264. The quantitative estimate of drug-likeness (QED) is 0.866. The predicted octanol–water partition coefficient (Wildman–Crippen LogP) is 2.17. The number of fused-ring (bicyclic) bond motifs is 1. The van der Waals surface area contributed by atoms with Crippen LogP contribution in [0.25, 0.3) is 0 Å². The van der Waals surface area contributed by atoms with E-state index in [-0.39, 0.29) is 5.91 Å². The summed E-state index contributed by atoms with van der Waals surface area (Å²) in [6.45, 7) is 4.13. The van der Waals surface area contributed by atoms with Crippen LogP contribution in [0.2, 0.25) is 0 Å². The van der Waals surface area contributed by atoms with E-state index in [1.807, 2.05) is 39.4 Å². The number of piperidine rings is 1. The van der Waals surface area contributed by atoms with Gasteiger partial charge in [0.05, 0.1) is 12.6 Å². The zero-order valence-corrected chi connectivity index (χ0v) is 14.0. The highest BCUT2D eigenvalue weighted by Gasteiger charge is 2.27. The monoisotopic (exact) mass is 330 g/mol. The lowest BCUT2D eigenvalue weighted by atomic mass is 10.1. The molecule has 6 heteroatoms. The number of nitrogens with zero attached hydrogens (tertiary/aromatic N) is 4. The lowest BCUT2D eigenvalue weighted by molar-refractivity contribution is -0.134. The van der Waals surface area contributed by atoms with Gasteiger partial charge in [0.25, 0.3) is 0 Å². The molecule has 1 atom stereocenters. The summed E-state index contributed by atoms with van der Waals surface area (Å²) in [6.07, 6.45) is 7.06. The Morgan fingerprint density at radius 1 is 1.39 bits per heavy atom. The van der Waals surface area contributed by atoms with Crippen molar-refractivity contribution in [2.24, 2.45) is 0 Å². The maximum atomic E-state index is 12.7. The van der Waals surface area contributed by atoms with Crippen molar-refractivity contribution in [2.75, 3.05) is 26.2 Å². The molecule has 1 amide bonds. The van der Waals surface area contributed by atoms with Crippen molar-refractivity contribution in [3.8, 4) is 0 Å². The van der Waals surface area contributed by atoms with Crippen LogP contribution in [-0.4, -0.2) is 51.7 Å². The van der Waals surface area contributed by atoms with E-state index in [2.05, 4.69) is 21.4 Å². The molecular formula is C17H22N4OS. The maximum Gasteiger partial charge on any atom is 0.236 e. The molecule has 0 N–H and O–H groups in total. The maximum absolute atomic E-state index is 12.7. The summed E-state index contributed by atoms with van der Waals surface area (Å²) in [6, 6.07) is 4.48. The molecule has 1 fully saturated rings. The third-order valence-electron chi connectivity index (χ3n) is 4.89. The third kappa shape index (κ3) is 3.19. The average Bonchev–Trinajstić information content (AvgIpc) is 3.26. The van der Waals surface area contributed by atoms with E-state index in [1.165, 1.54) is 10.4 Å². The molecule has 2 aromatic heterocycles. The highest BCUT2D eigenvalue weighted by atomic mass is 32.1. The summed E-state index contributed by atoms with van der Waals surface area (Å²) in [5.41, 5.74) is 1.40. The molecule has 0 saturated carbocycles. The largest absolute Gasteiger partial charge is 0.339 e. The number of aromatic nitrogens is 2. The molecule has 4 heterocycles. The van der Waals surface area contributed by atoms with Crippen LogP contribution in [0.5, 0.6) is 0 Å². The molecule has 2 aliphatic rings. The number of carbonyl (C=O) groups excluding carboxylic acids is 1. The van der Waals surface area contributed by atoms with Crippen molar-refractivity contribution in [1.29, 1.82) is 0 Å². The highest BCUT2D eigenvalue weighted by molar-refractivity contribution is 7.10. The Kier molecular flexibility index (Phi) is 4.18. The zero-order chi connectivity index (χ0) is 15.6. The molecule has 0 bridgehead atoms. The second-order valence-electron chi connectivity index (χ2n) is 6.45. The number of hydrogen-bond donors (Lipinski definition) is 0. The van der Waals surface area contributed by atoms with Crippen molar-refractivity contribution in [3.05, 3.63) is 40.3 Å². The Labute approximate surface area is 140 Å². The Bertz CT molecular complexity index is 666. The van der Waals surface area contributed by atoms with E-state index in [4.69, 9.17) is 0 Å². The standard InChI is InChI=1S/C17H22N4OS/c22-17(13-19-9-4-16-14(11-19)5-10-23-16)20-7-1-3-15(12-20)21-8-2-6-18-21/h2,5-6,8,10,15H,1,3-4,7,9,11-13H2. The molecule has 0 radical (unpaired) electrons. The molecule has 0 aliphatic carbocycles. The Morgan fingerprint density at radius 2 is 2.35 bits per heavy atom. The van der Waals surface area contributed by atoms with Gasteiger partial charge < -0.3 is 4.90 Å². The van der Waals surface area contributed by atoms with Gasteiger partial charge >= 0.3 is 0 Å². The molecule has 122 valence electrons. The minimum absolute atomic E-state index is 0.264. The molecule has 2 aromatic rings.